The molecular weight excluding hydrogens is 552 g/mol. The second-order valence-corrected chi connectivity index (χ2v) is 13.3. The van der Waals surface area contributed by atoms with Gasteiger partial charge in [-0.05, 0) is 91.2 Å². The number of hydrogen-bond donors (Lipinski definition) is 3. The number of carbonyl (C=O) groups excluding carboxylic acids is 3. The number of nitrogens with zero attached hydrogens (tertiary/aromatic N) is 4. The summed E-state index contributed by atoms with van der Waals surface area (Å²) in [5.74, 6) is 0.449. The molecule has 1 atom stereocenters. The summed E-state index contributed by atoms with van der Waals surface area (Å²) in [6, 6.07) is 3.58. The van der Waals surface area contributed by atoms with Crippen molar-refractivity contribution in [3.8, 4) is 0 Å². The largest absolute Gasteiger partial charge is 0.471 e. The van der Waals surface area contributed by atoms with Crippen molar-refractivity contribution in [2.75, 3.05) is 17.2 Å². The molecule has 2 aromatic heterocycles. The molecule has 2 aliphatic carbocycles. The van der Waals surface area contributed by atoms with Crippen LogP contribution >= 0.6 is 0 Å². The van der Waals surface area contributed by atoms with E-state index in [4.69, 9.17) is 9.47 Å². The fourth-order valence-electron chi connectivity index (χ4n) is 5.50. The predicted octanol–water partition coefficient (Wildman–Crippen LogP) is 5.00. The standard InChI is InChI=1S/C31H42N6O6/c1-30(2,3)43-29(40)34-25-14-21(12-13-32-25)28-36(15-19-6-7-19)24(18-42-28)27(39)33-23-16-37(35-26(23)31(4,5)41)22-10-8-20(17-38)9-11-22/h12-14,16-20,22,28,41H,6-11,15H2,1-5H3,(H,33,39)(H,32,34,40). The third-order valence-electron chi connectivity index (χ3n) is 7.85. The van der Waals surface area contributed by atoms with Crippen LogP contribution in [-0.2, 0) is 24.7 Å². The van der Waals surface area contributed by atoms with Crippen molar-refractivity contribution in [2.24, 2.45) is 11.8 Å². The highest BCUT2D eigenvalue weighted by atomic mass is 16.6. The highest BCUT2D eigenvalue weighted by Crippen LogP contribution is 2.40. The molecule has 12 heteroatoms. The van der Waals surface area contributed by atoms with Gasteiger partial charge in [0.05, 0.1) is 11.7 Å². The molecule has 3 N–H and O–H groups in total. The van der Waals surface area contributed by atoms with Crippen LogP contribution in [0.2, 0.25) is 0 Å². The second-order valence-electron chi connectivity index (χ2n) is 13.3. The fraction of sp³-hybridized carbons (Fsp3) is 0.581. The van der Waals surface area contributed by atoms with Crippen molar-refractivity contribution in [1.82, 2.24) is 19.7 Å². The number of hydrogen-bond acceptors (Lipinski definition) is 9. The molecule has 3 heterocycles. The van der Waals surface area contributed by atoms with Gasteiger partial charge in [0.1, 0.15) is 41.0 Å². The van der Waals surface area contributed by atoms with E-state index in [1.807, 2.05) is 9.58 Å². The normalized spacial score (nSPS) is 22.4. The van der Waals surface area contributed by atoms with E-state index in [0.717, 1.165) is 50.4 Å². The maximum atomic E-state index is 13.8. The molecule has 3 aliphatic rings. The van der Waals surface area contributed by atoms with Gasteiger partial charge in [-0.15, -0.1) is 0 Å². The quantitative estimate of drug-likeness (QED) is 0.341. The Morgan fingerprint density at radius 2 is 1.84 bits per heavy atom. The maximum absolute atomic E-state index is 13.8. The van der Waals surface area contributed by atoms with Crippen LogP contribution in [0.15, 0.2) is 36.5 Å². The molecule has 0 aromatic carbocycles. The minimum absolute atomic E-state index is 0.0732. The number of ether oxygens (including phenoxy) is 2. The average molecular weight is 595 g/mol. The molecule has 1 aliphatic heterocycles. The van der Waals surface area contributed by atoms with Crippen LogP contribution in [0.3, 0.4) is 0 Å². The minimum atomic E-state index is -1.29. The minimum Gasteiger partial charge on any atom is -0.471 e. The summed E-state index contributed by atoms with van der Waals surface area (Å²) in [7, 11) is 0. The van der Waals surface area contributed by atoms with Gasteiger partial charge < -0.3 is 29.6 Å². The molecule has 2 aromatic rings. The molecule has 2 amide bonds. The summed E-state index contributed by atoms with van der Waals surface area (Å²) >= 11 is 0. The summed E-state index contributed by atoms with van der Waals surface area (Å²) in [6.45, 7) is 9.25. The lowest BCUT2D eigenvalue weighted by molar-refractivity contribution is -0.115. The van der Waals surface area contributed by atoms with Crippen LogP contribution in [-0.4, -0.2) is 55.2 Å². The number of aldehydes is 1. The number of pyridine rings is 1. The average Bonchev–Trinajstić information content (AvgIpc) is 3.48. The first-order chi connectivity index (χ1) is 20.3. The van der Waals surface area contributed by atoms with Crippen molar-refractivity contribution in [3.63, 3.8) is 0 Å². The van der Waals surface area contributed by atoms with Crippen LogP contribution in [0.4, 0.5) is 16.3 Å². The van der Waals surface area contributed by atoms with E-state index in [1.54, 1.807) is 59.1 Å². The highest BCUT2D eigenvalue weighted by molar-refractivity contribution is 6.03. The third kappa shape index (κ3) is 7.54. The molecule has 1 unspecified atom stereocenters. The number of nitrogens with one attached hydrogen (secondary N) is 2. The Morgan fingerprint density at radius 1 is 1.12 bits per heavy atom. The number of anilines is 2. The topological polar surface area (TPSA) is 148 Å². The monoisotopic (exact) mass is 594 g/mol. The molecule has 2 fully saturated rings. The molecule has 0 saturated heterocycles. The van der Waals surface area contributed by atoms with Crippen molar-refractivity contribution in [3.05, 3.63) is 47.7 Å². The van der Waals surface area contributed by atoms with E-state index in [1.165, 1.54) is 6.26 Å². The van der Waals surface area contributed by atoms with E-state index in [9.17, 15) is 19.5 Å². The van der Waals surface area contributed by atoms with Crippen LogP contribution in [0.25, 0.3) is 0 Å². The zero-order valence-corrected chi connectivity index (χ0v) is 25.5. The maximum Gasteiger partial charge on any atom is 0.413 e. The lowest BCUT2D eigenvalue weighted by atomic mass is 9.87. The Morgan fingerprint density at radius 3 is 2.47 bits per heavy atom. The Bertz CT molecular complexity index is 1380. The predicted molar refractivity (Wildman–Crippen MR) is 159 cm³/mol. The van der Waals surface area contributed by atoms with Gasteiger partial charge in [0, 0.05) is 30.4 Å². The first kappa shape index (κ1) is 30.5. The summed E-state index contributed by atoms with van der Waals surface area (Å²) in [6.07, 6.45) is 9.95. The van der Waals surface area contributed by atoms with Gasteiger partial charge >= 0.3 is 6.09 Å². The fourth-order valence-corrected chi connectivity index (χ4v) is 5.50. The van der Waals surface area contributed by atoms with Gasteiger partial charge in [-0.3, -0.25) is 14.8 Å². The molecule has 5 rings (SSSR count). The molecule has 0 bridgehead atoms. The lowest BCUT2D eigenvalue weighted by Gasteiger charge is -2.28. The molecule has 232 valence electrons. The third-order valence-corrected chi connectivity index (χ3v) is 7.85. The van der Waals surface area contributed by atoms with E-state index in [2.05, 4.69) is 20.7 Å². The van der Waals surface area contributed by atoms with Crippen molar-refractivity contribution in [2.45, 2.75) is 96.6 Å². The molecular formula is C31H42N6O6. The first-order valence-electron chi connectivity index (χ1n) is 15.0. The number of carbonyl (C=O) groups is 3. The van der Waals surface area contributed by atoms with Crippen LogP contribution in [0.1, 0.15) is 96.7 Å². The Labute approximate surface area is 251 Å². The van der Waals surface area contributed by atoms with E-state index >= 15 is 0 Å². The summed E-state index contributed by atoms with van der Waals surface area (Å²) in [5.41, 5.74) is -0.0678. The molecule has 2 saturated carbocycles. The van der Waals surface area contributed by atoms with Crippen molar-refractivity contribution < 1.29 is 29.0 Å². The molecule has 43 heavy (non-hydrogen) atoms. The van der Waals surface area contributed by atoms with Crippen LogP contribution in [0, 0.1) is 11.8 Å². The lowest BCUT2D eigenvalue weighted by Crippen LogP contribution is -2.33. The number of rotatable bonds is 9. The van der Waals surface area contributed by atoms with Crippen LogP contribution < -0.4 is 10.6 Å². The van der Waals surface area contributed by atoms with E-state index < -0.39 is 23.5 Å². The van der Waals surface area contributed by atoms with Gasteiger partial charge in [-0.2, -0.15) is 5.10 Å². The van der Waals surface area contributed by atoms with Crippen molar-refractivity contribution in [1.29, 1.82) is 0 Å². The van der Waals surface area contributed by atoms with Crippen molar-refractivity contribution >= 4 is 29.8 Å². The number of amides is 2. The second kappa shape index (κ2) is 12.0. The molecule has 12 nitrogen and oxygen atoms in total. The van der Waals surface area contributed by atoms with Gasteiger partial charge in [0.25, 0.3) is 5.91 Å². The van der Waals surface area contributed by atoms with E-state index in [0.29, 0.717) is 35.4 Å². The SMILES string of the molecule is CC(C)(C)OC(=O)Nc1cc(C2OC=C(C(=O)Nc3cn(C4CCC(C=O)CC4)nc3C(C)(C)O)N2CC2CC2)ccn1. The zero-order valence-electron chi connectivity index (χ0n) is 25.5. The van der Waals surface area contributed by atoms with Gasteiger partial charge in [-0.1, -0.05) is 0 Å². The highest BCUT2D eigenvalue weighted by Gasteiger charge is 2.38. The molecule has 0 radical (unpaired) electrons. The smallest absolute Gasteiger partial charge is 0.413 e. The zero-order chi connectivity index (χ0) is 30.9. The summed E-state index contributed by atoms with van der Waals surface area (Å²) in [4.78, 5) is 43.4. The number of aliphatic hydroxyl groups is 1. The first-order valence-corrected chi connectivity index (χ1v) is 15.0. The Balaban J connectivity index is 1.33. The summed E-state index contributed by atoms with van der Waals surface area (Å²) in [5, 5.41) is 21.2. The van der Waals surface area contributed by atoms with E-state index in [-0.39, 0.29) is 17.9 Å². The number of aromatic nitrogens is 3. The van der Waals surface area contributed by atoms with Gasteiger partial charge in [-0.25, -0.2) is 9.78 Å². The Hall–Kier alpha value is -3.93. The molecule has 0 spiro atoms. The van der Waals surface area contributed by atoms with Crippen LogP contribution in [0.5, 0.6) is 0 Å². The Kier molecular flexibility index (Phi) is 8.51. The van der Waals surface area contributed by atoms with Gasteiger partial charge in [0.15, 0.2) is 6.23 Å². The summed E-state index contributed by atoms with van der Waals surface area (Å²) < 4.78 is 13.2. The van der Waals surface area contributed by atoms with Gasteiger partial charge in [0.2, 0.25) is 0 Å².